The fourth-order valence-corrected chi connectivity index (χ4v) is 1.43. The van der Waals surface area contributed by atoms with E-state index in [9.17, 15) is 9.90 Å². The summed E-state index contributed by atoms with van der Waals surface area (Å²) in [6.45, 7) is 0.464. The van der Waals surface area contributed by atoms with Gasteiger partial charge in [0, 0.05) is 0 Å². The van der Waals surface area contributed by atoms with Crippen molar-refractivity contribution in [1.82, 2.24) is 0 Å². The first-order chi connectivity index (χ1) is 8.25. The molecule has 18 heavy (non-hydrogen) atoms. The van der Waals surface area contributed by atoms with Gasteiger partial charge in [-0.1, -0.05) is 30.3 Å². The van der Waals surface area contributed by atoms with E-state index >= 15 is 0 Å². The normalized spacial score (nSPS) is 9.33. The minimum Gasteiger partial charge on any atom is -0.545 e. The van der Waals surface area contributed by atoms with E-state index in [1.54, 1.807) is 12.1 Å². The number of hydrogen-bond acceptors (Lipinski definition) is 3. The maximum Gasteiger partial charge on any atom is 1.00 e. The van der Waals surface area contributed by atoms with Crippen LogP contribution in [0.2, 0.25) is 0 Å². The minimum atomic E-state index is -1.18. The zero-order chi connectivity index (χ0) is 12.1. The van der Waals surface area contributed by atoms with E-state index in [0.717, 1.165) is 5.56 Å². The molecule has 0 saturated carbocycles. The summed E-state index contributed by atoms with van der Waals surface area (Å²) in [5, 5.41) is 10.5. The molecule has 0 N–H and O–H groups in total. The first kappa shape index (κ1) is 15.8. The van der Waals surface area contributed by atoms with Crippen LogP contribution in [-0.2, 0) is 6.61 Å². The largest absolute Gasteiger partial charge is 1.00 e. The second-order valence-electron chi connectivity index (χ2n) is 3.59. The molecule has 0 radical (unpaired) electrons. The minimum absolute atomic E-state index is 0. The quantitative estimate of drug-likeness (QED) is 0.677. The van der Waals surface area contributed by atoms with Crippen LogP contribution in [0, 0.1) is 0 Å². The molecular formula is C14H11CsO3. The Morgan fingerprint density at radius 1 is 1.00 bits per heavy atom. The molecule has 0 amide bonds. The molecule has 86 valence electrons. The Morgan fingerprint density at radius 3 is 2.17 bits per heavy atom. The summed E-state index contributed by atoms with van der Waals surface area (Å²) in [5.74, 6) is -0.543. The third-order valence-electron chi connectivity index (χ3n) is 2.34. The molecule has 0 aliphatic carbocycles. The molecule has 0 saturated heterocycles. The van der Waals surface area contributed by atoms with Crippen molar-refractivity contribution in [2.24, 2.45) is 0 Å². The number of carboxylic acids is 1. The van der Waals surface area contributed by atoms with Crippen LogP contribution in [0.5, 0.6) is 5.75 Å². The van der Waals surface area contributed by atoms with Crippen LogP contribution in [0.15, 0.2) is 54.6 Å². The molecule has 0 atom stereocenters. The molecular weight excluding hydrogens is 349 g/mol. The smallest absolute Gasteiger partial charge is 0.545 e. The van der Waals surface area contributed by atoms with Crippen molar-refractivity contribution >= 4 is 5.97 Å². The molecule has 0 unspecified atom stereocenters. The summed E-state index contributed by atoms with van der Waals surface area (Å²) < 4.78 is 5.51. The van der Waals surface area contributed by atoms with E-state index < -0.39 is 5.97 Å². The van der Waals surface area contributed by atoms with Crippen molar-refractivity contribution in [3.05, 3.63) is 65.7 Å². The number of aromatic carboxylic acids is 1. The van der Waals surface area contributed by atoms with Crippen LogP contribution >= 0.6 is 0 Å². The van der Waals surface area contributed by atoms with Crippen molar-refractivity contribution in [3.8, 4) is 5.75 Å². The van der Waals surface area contributed by atoms with Crippen LogP contribution < -0.4 is 78.7 Å². The van der Waals surface area contributed by atoms with Crippen molar-refractivity contribution < 1.29 is 83.5 Å². The molecule has 0 aliphatic heterocycles. The molecule has 2 aromatic rings. The summed E-state index contributed by atoms with van der Waals surface area (Å²) in [6, 6.07) is 15.9. The maximum absolute atomic E-state index is 10.5. The average Bonchev–Trinajstić information content (AvgIpc) is 2.38. The van der Waals surface area contributed by atoms with Crippen LogP contribution in [-0.4, -0.2) is 5.97 Å². The summed E-state index contributed by atoms with van der Waals surface area (Å²) in [7, 11) is 0. The number of rotatable bonds is 4. The van der Waals surface area contributed by atoms with E-state index in [1.807, 2.05) is 30.3 Å². The van der Waals surface area contributed by atoms with Crippen molar-refractivity contribution in [2.45, 2.75) is 6.61 Å². The maximum atomic E-state index is 10.5. The van der Waals surface area contributed by atoms with E-state index in [-0.39, 0.29) is 74.5 Å². The van der Waals surface area contributed by atoms with Crippen LogP contribution in [0.4, 0.5) is 0 Å². The molecule has 0 spiro atoms. The van der Waals surface area contributed by atoms with E-state index in [0.29, 0.717) is 12.4 Å². The third-order valence-corrected chi connectivity index (χ3v) is 2.34. The predicted octanol–water partition coefficient (Wildman–Crippen LogP) is -1.37. The number of carbonyl (C=O) groups is 1. The molecule has 3 nitrogen and oxygen atoms in total. The summed E-state index contributed by atoms with van der Waals surface area (Å²) in [4.78, 5) is 10.5. The van der Waals surface area contributed by atoms with E-state index in [4.69, 9.17) is 4.74 Å². The molecule has 0 bridgehead atoms. The second-order valence-corrected chi connectivity index (χ2v) is 3.59. The first-order valence-corrected chi connectivity index (χ1v) is 5.24. The van der Waals surface area contributed by atoms with Gasteiger partial charge in [0.25, 0.3) is 0 Å². The number of carboxylic acid groups (broad SMARTS) is 1. The number of carbonyl (C=O) groups excluding carboxylic acids is 1. The van der Waals surface area contributed by atoms with Gasteiger partial charge >= 0.3 is 68.9 Å². The zero-order valence-corrected chi connectivity index (χ0v) is 16.4. The monoisotopic (exact) mass is 360 g/mol. The van der Waals surface area contributed by atoms with E-state index in [2.05, 4.69) is 0 Å². The van der Waals surface area contributed by atoms with Crippen LogP contribution in [0.3, 0.4) is 0 Å². The van der Waals surface area contributed by atoms with Crippen LogP contribution in [0.1, 0.15) is 15.9 Å². The Morgan fingerprint density at radius 2 is 1.61 bits per heavy atom. The van der Waals surface area contributed by atoms with Gasteiger partial charge in [0.15, 0.2) is 0 Å². The molecule has 4 heteroatoms. The fourth-order valence-electron chi connectivity index (χ4n) is 1.43. The fraction of sp³-hybridized carbons (Fsp3) is 0.0714. The Kier molecular flexibility index (Phi) is 7.06. The van der Waals surface area contributed by atoms with Crippen LogP contribution in [0.25, 0.3) is 0 Å². The Hall–Kier alpha value is -0.238. The van der Waals surface area contributed by atoms with Gasteiger partial charge in [-0.25, -0.2) is 0 Å². The Bertz CT molecular complexity index is 494. The molecule has 0 aromatic heterocycles. The third kappa shape index (κ3) is 4.80. The van der Waals surface area contributed by atoms with Crippen molar-refractivity contribution in [3.63, 3.8) is 0 Å². The SMILES string of the molecule is O=C([O-])c1ccc(OCc2ccccc2)cc1.[Cs+]. The molecule has 2 aromatic carbocycles. The number of benzene rings is 2. The Balaban J connectivity index is 0.00000162. The van der Waals surface area contributed by atoms with Crippen molar-refractivity contribution in [2.75, 3.05) is 0 Å². The second kappa shape index (κ2) is 8.04. The Labute approximate surface area is 165 Å². The zero-order valence-electron chi connectivity index (χ0n) is 10.1. The van der Waals surface area contributed by atoms with Gasteiger partial charge in [-0.15, -0.1) is 0 Å². The topological polar surface area (TPSA) is 49.4 Å². The first-order valence-electron chi connectivity index (χ1n) is 5.24. The van der Waals surface area contributed by atoms with Gasteiger partial charge in [-0.3, -0.25) is 0 Å². The molecule has 0 heterocycles. The number of ether oxygens (including phenoxy) is 1. The van der Waals surface area contributed by atoms with Gasteiger partial charge in [0.2, 0.25) is 0 Å². The van der Waals surface area contributed by atoms with E-state index in [1.165, 1.54) is 12.1 Å². The summed E-state index contributed by atoms with van der Waals surface area (Å²) >= 11 is 0. The van der Waals surface area contributed by atoms with Gasteiger partial charge < -0.3 is 14.6 Å². The molecule has 2 rings (SSSR count). The number of hydrogen-bond donors (Lipinski definition) is 0. The average molecular weight is 360 g/mol. The summed E-state index contributed by atoms with van der Waals surface area (Å²) in [6.07, 6.45) is 0. The summed E-state index contributed by atoms with van der Waals surface area (Å²) in [5.41, 5.74) is 1.22. The molecule has 0 fully saturated rings. The standard InChI is InChI=1S/C14H12O3.Cs/c15-14(16)12-6-8-13(9-7-12)17-10-11-4-2-1-3-5-11;/h1-9H,10H2,(H,15,16);/q;+1/p-1. The van der Waals surface area contributed by atoms with Gasteiger partial charge in [-0.05, 0) is 35.4 Å². The molecule has 0 aliphatic rings. The van der Waals surface area contributed by atoms with Crippen molar-refractivity contribution in [1.29, 1.82) is 0 Å². The van der Waals surface area contributed by atoms with Gasteiger partial charge in [-0.2, -0.15) is 0 Å². The van der Waals surface area contributed by atoms with Gasteiger partial charge in [0.05, 0.1) is 5.97 Å². The van der Waals surface area contributed by atoms with Gasteiger partial charge in [0.1, 0.15) is 12.4 Å². The predicted molar refractivity (Wildman–Crippen MR) is 61.5 cm³/mol.